The number of rotatable bonds is 8. The SMILES string of the molecule is CC(C)c1cccc(C(C)C)c1N=S(Nc1c(C(C)C)cccc1C(C)C)c1ccccc1. The molecular weight excluding hydrogens is 420 g/mol. The van der Waals surface area contributed by atoms with E-state index < -0.39 is 10.9 Å². The molecule has 0 spiro atoms. The Bertz CT molecular complexity index is 1040. The van der Waals surface area contributed by atoms with Crippen LogP contribution in [0.2, 0.25) is 0 Å². The van der Waals surface area contributed by atoms with Gasteiger partial charge in [0, 0.05) is 15.8 Å². The maximum atomic E-state index is 5.48. The van der Waals surface area contributed by atoms with Crippen LogP contribution in [0.15, 0.2) is 76.0 Å². The number of nitrogens with zero attached hydrogens (tertiary/aromatic N) is 1. The van der Waals surface area contributed by atoms with Gasteiger partial charge >= 0.3 is 0 Å². The van der Waals surface area contributed by atoms with Crippen molar-refractivity contribution >= 4 is 22.3 Å². The number of hydrogen-bond acceptors (Lipinski definition) is 1. The standard InChI is InChI=1S/C30H40N2S/c1-20(2)25-16-12-17-26(21(3)4)29(25)31-33(24-14-10-9-11-15-24)32-30-27(22(5)6)18-13-19-28(30)23(7)8/h9-23H,1-8H3,(H,31,32). The van der Waals surface area contributed by atoms with E-state index in [-0.39, 0.29) is 0 Å². The van der Waals surface area contributed by atoms with Gasteiger partial charge in [-0.2, -0.15) is 0 Å². The Balaban J connectivity index is 2.28. The molecule has 0 aliphatic heterocycles. The fourth-order valence-electron chi connectivity index (χ4n) is 4.16. The minimum atomic E-state index is -0.522. The molecule has 3 aromatic carbocycles. The number of para-hydroxylation sites is 1. The molecule has 0 saturated carbocycles. The van der Waals surface area contributed by atoms with E-state index >= 15 is 0 Å². The van der Waals surface area contributed by atoms with Gasteiger partial charge < -0.3 is 4.72 Å². The lowest BCUT2D eigenvalue weighted by Crippen LogP contribution is -2.11. The number of anilines is 1. The van der Waals surface area contributed by atoms with Crippen molar-refractivity contribution in [2.45, 2.75) is 84.0 Å². The highest BCUT2D eigenvalue weighted by Gasteiger charge is 2.18. The maximum absolute atomic E-state index is 5.48. The third kappa shape index (κ3) is 5.95. The van der Waals surface area contributed by atoms with Gasteiger partial charge in [0.25, 0.3) is 0 Å². The van der Waals surface area contributed by atoms with E-state index in [9.17, 15) is 0 Å². The van der Waals surface area contributed by atoms with Crippen molar-refractivity contribution in [1.82, 2.24) is 0 Å². The molecule has 3 aromatic rings. The first kappa shape index (κ1) is 25.2. The van der Waals surface area contributed by atoms with Gasteiger partial charge in [0.15, 0.2) is 0 Å². The van der Waals surface area contributed by atoms with Gasteiger partial charge in [-0.15, -0.1) is 0 Å². The first-order chi connectivity index (χ1) is 15.7. The lowest BCUT2D eigenvalue weighted by atomic mass is 9.93. The van der Waals surface area contributed by atoms with Crippen molar-refractivity contribution in [1.29, 1.82) is 0 Å². The van der Waals surface area contributed by atoms with Crippen molar-refractivity contribution in [3.05, 3.63) is 89.0 Å². The molecule has 3 rings (SSSR count). The molecule has 0 amide bonds. The third-order valence-corrected chi connectivity index (χ3v) is 7.54. The Labute approximate surface area is 204 Å². The molecular formula is C30H40N2S. The minimum absolute atomic E-state index is 0.415. The van der Waals surface area contributed by atoms with Crippen LogP contribution in [-0.4, -0.2) is 0 Å². The molecule has 0 aliphatic rings. The smallest absolute Gasteiger partial charge is 0.0795 e. The lowest BCUT2D eigenvalue weighted by molar-refractivity contribution is 0.835. The topological polar surface area (TPSA) is 24.4 Å². The summed E-state index contributed by atoms with van der Waals surface area (Å²) in [6.07, 6.45) is 0. The van der Waals surface area contributed by atoms with Gasteiger partial charge in [-0.3, -0.25) is 0 Å². The van der Waals surface area contributed by atoms with Crippen molar-refractivity contribution in [3.63, 3.8) is 0 Å². The van der Waals surface area contributed by atoms with Crippen LogP contribution >= 0.6 is 0 Å². The second-order valence-electron chi connectivity index (χ2n) is 10.0. The molecule has 176 valence electrons. The van der Waals surface area contributed by atoms with Gasteiger partial charge in [-0.1, -0.05) is 110 Å². The van der Waals surface area contributed by atoms with Crippen molar-refractivity contribution in [2.24, 2.45) is 4.36 Å². The summed E-state index contributed by atoms with van der Waals surface area (Å²) in [5.74, 6) is 1.69. The zero-order valence-corrected chi connectivity index (χ0v) is 22.3. The van der Waals surface area contributed by atoms with E-state index in [1.807, 2.05) is 0 Å². The molecule has 0 radical (unpaired) electrons. The van der Waals surface area contributed by atoms with Crippen LogP contribution in [0.4, 0.5) is 11.4 Å². The molecule has 0 aliphatic carbocycles. The van der Waals surface area contributed by atoms with Crippen LogP contribution in [0.3, 0.4) is 0 Å². The minimum Gasteiger partial charge on any atom is -0.317 e. The number of nitrogens with one attached hydrogen (secondary N) is 1. The van der Waals surface area contributed by atoms with Gasteiger partial charge in [0.05, 0.1) is 11.4 Å². The Kier molecular flexibility index (Phi) is 8.53. The fraction of sp³-hybridized carbons (Fsp3) is 0.400. The summed E-state index contributed by atoms with van der Waals surface area (Å²) in [6.45, 7) is 18.1. The number of benzene rings is 3. The van der Waals surface area contributed by atoms with E-state index in [1.165, 1.54) is 32.8 Å². The van der Waals surface area contributed by atoms with Gasteiger partial charge in [-0.05, 0) is 58.1 Å². The van der Waals surface area contributed by atoms with Crippen LogP contribution in [0.25, 0.3) is 0 Å². The highest BCUT2D eigenvalue weighted by molar-refractivity contribution is 7.88. The molecule has 0 heterocycles. The summed E-state index contributed by atoms with van der Waals surface area (Å²) in [7, 11) is -0.522. The largest absolute Gasteiger partial charge is 0.317 e. The summed E-state index contributed by atoms with van der Waals surface area (Å²) < 4.78 is 9.42. The second kappa shape index (κ2) is 11.2. The van der Waals surface area contributed by atoms with Crippen LogP contribution in [0.1, 0.15) is 101 Å². The second-order valence-corrected chi connectivity index (χ2v) is 11.4. The van der Waals surface area contributed by atoms with E-state index in [2.05, 4.69) is 127 Å². The normalized spacial score (nSPS) is 12.8. The molecule has 0 fully saturated rings. The summed E-state index contributed by atoms with van der Waals surface area (Å²) in [5.41, 5.74) is 7.73. The third-order valence-electron chi connectivity index (χ3n) is 6.06. The number of hydrogen-bond donors (Lipinski definition) is 1. The predicted molar refractivity (Wildman–Crippen MR) is 147 cm³/mol. The highest BCUT2D eigenvalue weighted by Crippen LogP contribution is 2.38. The van der Waals surface area contributed by atoms with Gasteiger partial charge in [0.1, 0.15) is 0 Å². The van der Waals surface area contributed by atoms with Crippen LogP contribution < -0.4 is 4.72 Å². The molecule has 3 heteroatoms. The van der Waals surface area contributed by atoms with Crippen LogP contribution in [0.5, 0.6) is 0 Å². The molecule has 0 saturated heterocycles. The van der Waals surface area contributed by atoms with E-state index in [0.717, 1.165) is 5.69 Å². The Hall–Kier alpha value is -2.39. The molecule has 1 N–H and O–H groups in total. The molecule has 0 aromatic heterocycles. The average Bonchev–Trinajstić information content (AvgIpc) is 2.78. The molecule has 1 unspecified atom stereocenters. The van der Waals surface area contributed by atoms with Crippen molar-refractivity contribution in [3.8, 4) is 0 Å². The first-order valence-corrected chi connectivity index (χ1v) is 13.4. The highest BCUT2D eigenvalue weighted by atomic mass is 32.2. The quantitative estimate of drug-likeness (QED) is 0.355. The maximum Gasteiger partial charge on any atom is 0.0795 e. The fourth-order valence-corrected chi connectivity index (χ4v) is 5.66. The Morgan fingerprint density at radius 1 is 0.545 bits per heavy atom. The molecule has 1 atom stereocenters. The lowest BCUT2D eigenvalue weighted by Gasteiger charge is -2.23. The first-order valence-electron chi connectivity index (χ1n) is 12.2. The van der Waals surface area contributed by atoms with Crippen molar-refractivity contribution in [2.75, 3.05) is 4.72 Å². The molecule has 33 heavy (non-hydrogen) atoms. The van der Waals surface area contributed by atoms with Crippen LogP contribution in [0, 0.1) is 0 Å². The summed E-state index contributed by atoms with van der Waals surface area (Å²) in [6, 6.07) is 24.1. The van der Waals surface area contributed by atoms with E-state index in [0.29, 0.717) is 23.7 Å². The summed E-state index contributed by atoms with van der Waals surface area (Å²) in [4.78, 5) is 1.21. The van der Waals surface area contributed by atoms with E-state index in [1.54, 1.807) is 0 Å². The molecule has 2 nitrogen and oxygen atoms in total. The summed E-state index contributed by atoms with van der Waals surface area (Å²) >= 11 is 0. The Morgan fingerprint density at radius 3 is 1.39 bits per heavy atom. The Morgan fingerprint density at radius 2 is 0.970 bits per heavy atom. The monoisotopic (exact) mass is 460 g/mol. The van der Waals surface area contributed by atoms with Crippen molar-refractivity contribution < 1.29 is 0 Å². The predicted octanol–water partition coefficient (Wildman–Crippen LogP) is 9.70. The zero-order chi connectivity index (χ0) is 24.1. The van der Waals surface area contributed by atoms with E-state index in [4.69, 9.17) is 4.36 Å². The van der Waals surface area contributed by atoms with Gasteiger partial charge in [0.2, 0.25) is 0 Å². The zero-order valence-electron chi connectivity index (χ0n) is 21.5. The van der Waals surface area contributed by atoms with Gasteiger partial charge in [-0.25, -0.2) is 4.36 Å². The summed E-state index contributed by atoms with van der Waals surface area (Å²) in [5, 5.41) is 0. The average molecular weight is 461 g/mol. The van der Waals surface area contributed by atoms with Crippen LogP contribution in [-0.2, 0) is 10.9 Å². The molecule has 0 bridgehead atoms.